The van der Waals surface area contributed by atoms with Crippen LogP contribution in [0.15, 0.2) is 71.8 Å². The Kier molecular flexibility index (Phi) is 7.93. The van der Waals surface area contributed by atoms with Crippen molar-refractivity contribution in [3.63, 3.8) is 0 Å². The van der Waals surface area contributed by atoms with Gasteiger partial charge in [-0.2, -0.15) is 5.10 Å². The molecule has 0 bridgehead atoms. The molecule has 1 heterocycles. The molecule has 4 aromatic rings. The molecule has 0 aliphatic heterocycles. The highest BCUT2D eigenvalue weighted by Gasteiger charge is 2.14. The zero-order valence-corrected chi connectivity index (χ0v) is 21.5. The zero-order chi connectivity index (χ0) is 24.8. The van der Waals surface area contributed by atoms with Gasteiger partial charge in [0.05, 0.1) is 26.2 Å². The molecule has 0 atom stereocenters. The fraction of sp³-hybridized carbons (Fsp3) is 0.120. The highest BCUT2D eigenvalue weighted by Crippen LogP contribution is 2.34. The lowest BCUT2D eigenvalue weighted by molar-refractivity contribution is -0.384. The monoisotopic (exact) mass is 601 g/mol. The van der Waals surface area contributed by atoms with Crippen molar-refractivity contribution >= 4 is 61.8 Å². The zero-order valence-electron chi connectivity index (χ0n) is 18.6. The number of amides is 1. The fourth-order valence-corrected chi connectivity index (χ4v) is 4.99. The molecule has 4 rings (SSSR count). The van der Waals surface area contributed by atoms with Gasteiger partial charge in [-0.15, -0.1) is 11.3 Å². The minimum atomic E-state index is -0.461. The number of rotatable bonds is 9. The van der Waals surface area contributed by atoms with Gasteiger partial charge in [0.1, 0.15) is 6.61 Å². The van der Waals surface area contributed by atoms with Crippen LogP contribution in [0.25, 0.3) is 10.1 Å². The summed E-state index contributed by atoms with van der Waals surface area (Å²) in [7, 11) is 0. The molecule has 0 radical (unpaired) electrons. The molecule has 0 aliphatic carbocycles. The molecule has 8 nitrogen and oxygen atoms in total. The molecule has 0 fully saturated rings. The average molecular weight is 601 g/mol. The van der Waals surface area contributed by atoms with Gasteiger partial charge in [-0.05, 0) is 64.9 Å². The lowest BCUT2D eigenvalue weighted by atomic mass is 10.2. The minimum Gasteiger partial charge on any atom is -0.490 e. The average Bonchev–Trinajstić information content (AvgIpc) is 3.28. The molecular weight excluding hydrogens is 581 g/mol. The summed E-state index contributed by atoms with van der Waals surface area (Å²) in [5.41, 5.74) is 4.28. The normalized spacial score (nSPS) is 11.0. The summed E-state index contributed by atoms with van der Waals surface area (Å²) in [6, 6.07) is 19.7. The summed E-state index contributed by atoms with van der Waals surface area (Å²) < 4.78 is 13.4. The number of nitro groups is 1. The first-order valence-corrected chi connectivity index (χ1v) is 12.5. The molecule has 1 amide bonds. The second-order valence-electron chi connectivity index (χ2n) is 7.33. The third-order valence-electron chi connectivity index (χ3n) is 4.87. The van der Waals surface area contributed by atoms with Gasteiger partial charge in [-0.25, -0.2) is 5.43 Å². The van der Waals surface area contributed by atoms with E-state index in [1.165, 1.54) is 29.7 Å². The summed E-state index contributed by atoms with van der Waals surface area (Å²) in [5, 5.41) is 15.7. The maximum atomic E-state index is 12.5. The van der Waals surface area contributed by atoms with Crippen molar-refractivity contribution in [2.75, 3.05) is 6.61 Å². The van der Waals surface area contributed by atoms with Gasteiger partial charge in [-0.3, -0.25) is 14.9 Å². The molecular formula is C25H20IN3O5S. The lowest BCUT2D eigenvalue weighted by Gasteiger charge is -2.14. The van der Waals surface area contributed by atoms with E-state index in [1.807, 2.05) is 43.3 Å². The number of nitro benzene ring substituents is 1. The molecule has 35 heavy (non-hydrogen) atoms. The summed E-state index contributed by atoms with van der Waals surface area (Å²) in [6.45, 7) is 2.78. The molecule has 1 aromatic heterocycles. The number of halogens is 1. The van der Waals surface area contributed by atoms with Gasteiger partial charge in [0.2, 0.25) is 0 Å². The van der Waals surface area contributed by atoms with Crippen molar-refractivity contribution in [3.05, 3.63) is 96.4 Å². The first-order valence-electron chi connectivity index (χ1n) is 10.6. The van der Waals surface area contributed by atoms with Crippen molar-refractivity contribution in [1.82, 2.24) is 5.43 Å². The van der Waals surface area contributed by atoms with E-state index in [9.17, 15) is 14.9 Å². The van der Waals surface area contributed by atoms with E-state index >= 15 is 0 Å². The van der Waals surface area contributed by atoms with Crippen LogP contribution >= 0.6 is 33.9 Å². The number of hydrogen-bond acceptors (Lipinski definition) is 7. The largest absolute Gasteiger partial charge is 0.490 e. The number of benzene rings is 3. The predicted molar refractivity (Wildman–Crippen MR) is 145 cm³/mol. The number of carbonyl (C=O) groups is 1. The lowest BCUT2D eigenvalue weighted by Crippen LogP contribution is -2.16. The van der Waals surface area contributed by atoms with Crippen LogP contribution in [0.4, 0.5) is 5.69 Å². The Hall–Kier alpha value is -3.51. The summed E-state index contributed by atoms with van der Waals surface area (Å²) in [4.78, 5) is 23.5. The van der Waals surface area contributed by atoms with E-state index < -0.39 is 10.8 Å². The first kappa shape index (κ1) is 24.6. The second kappa shape index (κ2) is 11.3. The van der Waals surface area contributed by atoms with E-state index in [-0.39, 0.29) is 5.69 Å². The van der Waals surface area contributed by atoms with Gasteiger partial charge in [0, 0.05) is 22.2 Å². The van der Waals surface area contributed by atoms with E-state index in [2.05, 4.69) is 33.1 Å². The highest BCUT2D eigenvalue weighted by molar-refractivity contribution is 14.1. The maximum Gasteiger partial charge on any atom is 0.281 e. The van der Waals surface area contributed by atoms with E-state index in [0.717, 1.165) is 19.4 Å². The van der Waals surface area contributed by atoms with Gasteiger partial charge < -0.3 is 9.47 Å². The standard InChI is InChI=1S/C25H20IN3O5S/c1-2-33-21-11-17(10-20(26)24(21)34-15-16-6-4-3-5-7-16)14-27-28-25(30)23-13-18-12-19(29(31)32)8-9-22(18)35-23/h3-14H,2,15H2,1H3,(H,28,30)/b27-14-. The van der Waals surface area contributed by atoms with E-state index in [0.29, 0.717) is 35.0 Å². The van der Waals surface area contributed by atoms with Crippen LogP contribution in [-0.4, -0.2) is 23.7 Å². The first-order chi connectivity index (χ1) is 16.9. The Morgan fingerprint density at radius 1 is 1.14 bits per heavy atom. The van der Waals surface area contributed by atoms with Crippen LogP contribution in [0.1, 0.15) is 27.7 Å². The van der Waals surface area contributed by atoms with Gasteiger partial charge in [-0.1, -0.05) is 30.3 Å². The number of ether oxygens (including phenoxy) is 2. The summed E-state index contributed by atoms with van der Waals surface area (Å²) in [6.07, 6.45) is 1.53. The van der Waals surface area contributed by atoms with Crippen LogP contribution in [0.2, 0.25) is 0 Å². The second-order valence-corrected chi connectivity index (χ2v) is 9.57. The van der Waals surface area contributed by atoms with Crippen LogP contribution in [-0.2, 0) is 6.61 Å². The summed E-state index contributed by atoms with van der Waals surface area (Å²) >= 11 is 3.43. The number of non-ortho nitro benzene ring substituents is 1. The van der Waals surface area contributed by atoms with E-state index in [4.69, 9.17) is 9.47 Å². The van der Waals surface area contributed by atoms with Crippen molar-refractivity contribution in [3.8, 4) is 11.5 Å². The molecule has 0 saturated heterocycles. The Morgan fingerprint density at radius 2 is 1.94 bits per heavy atom. The Morgan fingerprint density at radius 3 is 2.69 bits per heavy atom. The molecule has 0 spiro atoms. The van der Waals surface area contributed by atoms with Crippen LogP contribution in [0.5, 0.6) is 11.5 Å². The van der Waals surface area contributed by atoms with Crippen LogP contribution in [0, 0.1) is 13.7 Å². The van der Waals surface area contributed by atoms with Gasteiger partial charge >= 0.3 is 0 Å². The van der Waals surface area contributed by atoms with Crippen LogP contribution in [0.3, 0.4) is 0 Å². The molecule has 3 aromatic carbocycles. The van der Waals surface area contributed by atoms with Crippen molar-refractivity contribution in [2.24, 2.45) is 5.10 Å². The quantitative estimate of drug-likeness (QED) is 0.107. The van der Waals surface area contributed by atoms with Crippen molar-refractivity contribution in [2.45, 2.75) is 13.5 Å². The minimum absolute atomic E-state index is 0.0174. The number of thiophene rings is 1. The molecule has 0 aliphatic rings. The summed E-state index contributed by atoms with van der Waals surface area (Å²) in [5.74, 6) is 0.846. The highest BCUT2D eigenvalue weighted by atomic mass is 127. The van der Waals surface area contributed by atoms with Crippen LogP contribution < -0.4 is 14.9 Å². The number of carbonyl (C=O) groups excluding carboxylic acids is 1. The molecule has 178 valence electrons. The molecule has 0 saturated carbocycles. The maximum absolute atomic E-state index is 12.5. The van der Waals surface area contributed by atoms with Gasteiger partial charge in [0.15, 0.2) is 11.5 Å². The number of nitrogens with zero attached hydrogens (tertiary/aromatic N) is 2. The third kappa shape index (κ3) is 6.14. The molecule has 1 N–H and O–H groups in total. The Labute approximate surface area is 218 Å². The third-order valence-corrected chi connectivity index (χ3v) is 6.79. The van der Waals surface area contributed by atoms with Crippen molar-refractivity contribution in [1.29, 1.82) is 0 Å². The number of fused-ring (bicyclic) bond motifs is 1. The number of nitrogens with one attached hydrogen (secondary N) is 1. The molecule has 0 unspecified atom stereocenters. The number of hydrazone groups is 1. The fourth-order valence-electron chi connectivity index (χ4n) is 3.27. The number of hydrogen-bond donors (Lipinski definition) is 1. The SMILES string of the molecule is CCOc1cc(/C=N\NC(=O)c2cc3cc([N+](=O)[O-])ccc3s2)cc(I)c1OCc1ccccc1. The Bertz CT molecular complexity index is 1410. The molecule has 10 heteroatoms. The van der Waals surface area contributed by atoms with Gasteiger partial charge in [0.25, 0.3) is 11.6 Å². The Balaban J connectivity index is 1.46. The van der Waals surface area contributed by atoms with E-state index in [1.54, 1.807) is 18.2 Å². The smallest absolute Gasteiger partial charge is 0.281 e. The van der Waals surface area contributed by atoms with Crippen molar-refractivity contribution < 1.29 is 19.2 Å². The topological polar surface area (TPSA) is 103 Å². The predicted octanol–water partition coefficient (Wildman–Crippen LogP) is 6.16.